The first-order chi connectivity index (χ1) is 10.7. The van der Waals surface area contributed by atoms with Crippen LogP contribution in [-0.2, 0) is 6.42 Å². The molecule has 0 saturated heterocycles. The summed E-state index contributed by atoms with van der Waals surface area (Å²) in [6, 6.07) is 4.55. The lowest BCUT2D eigenvalue weighted by atomic mass is 9.53. The van der Waals surface area contributed by atoms with Gasteiger partial charge < -0.3 is 16.0 Å². The molecule has 4 aliphatic carbocycles. The largest absolute Gasteiger partial charge is 0.365 e. The molecule has 1 heterocycles. The van der Waals surface area contributed by atoms with E-state index >= 15 is 0 Å². The predicted molar refractivity (Wildman–Crippen MR) is 90.6 cm³/mol. The lowest BCUT2D eigenvalue weighted by molar-refractivity contribution is -0.0201. The first kappa shape index (κ1) is 14.8. The molecule has 4 saturated carbocycles. The highest BCUT2D eigenvalue weighted by molar-refractivity contribution is 5.07. The molecule has 3 nitrogen and oxygen atoms in total. The fourth-order valence-electron chi connectivity index (χ4n) is 5.85. The Kier molecular flexibility index (Phi) is 4.04. The highest BCUT2D eigenvalue weighted by atomic mass is 15.0. The Labute approximate surface area is 134 Å². The van der Waals surface area contributed by atoms with Gasteiger partial charge in [0.25, 0.3) is 0 Å². The number of aryl methyl sites for hydroxylation is 1. The summed E-state index contributed by atoms with van der Waals surface area (Å²) < 4.78 is 0. The lowest BCUT2D eigenvalue weighted by Gasteiger charge is -2.57. The minimum atomic E-state index is 0.308. The molecular formula is C19H31N3. The molecule has 5 rings (SSSR count). The summed E-state index contributed by atoms with van der Waals surface area (Å²) in [5.41, 5.74) is 8.17. The van der Waals surface area contributed by atoms with Crippen LogP contribution in [0.5, 0.6) is 0 Å². The van der Waals surface area contributed by atoms with E-state index < -0.39 is 0 Å². The van der Waals surface area contributed by atoms with E-state index in [2.05, 4.69) is 22.4 Å². The van der Waals surface area contributed by atoms with Crippen molar-refractivity contribution in [2.45, 2.75) is 69.4 Å². The second-order valence-corrected chi connectivity index (χ2v) is 8.43. The van der Waals surface area contributed by atoms with Gasteiger partial charge in [0.1, 0.15) is 0 Å². The van der Waals surface area contributed by atoms with E-state index in [-0.39, 0.29) is 0 Å². The number of nitrogens with one attached hydrogen (secondary N) is 2. The van der Waals surface area contributed by atoms with Gasteiger partial charge in [0.15, 0.2) is 0 Å². The summed E-state index contributed by atoms with van der Waals surface area (Å²) in [4.78, 5) is 3.28. The van der Waals surface area contributed by atoms with Crippen molar-refractivity contribution in [3.05, 3.63) is 24.0 Å². The smallest absolute Gasteiger partial charge is 0.0190 e. The van der Waals surface area contributed by atoms with Crippen molar-refractivity contribution in [1.29, 1.82) is 0 Å². The van der Waals surface area contributed by atoms with Gasteiger partial charge in [-0.15, -0.1) is 0 Å². The van der Waals surface area contributed by atoms with Gasteiger partial charge in [0.2, 0.25) is 0 Å². The Bertz CT molecular complexity index is 444. The molecule has 122 valence electrons. The third-order valence-electron chi connectivity index (χ3n) is 6.46. The molecular weight excluding hydrogens is 270 g/mol. The molecule has 0 aromatic carbocycles. The molecule has 0 amide bonds. The highest BCUT2D eigenvalue weighted by Crippen LogP contribution is 2.55. The van der Waals surface area contributed by atoms with Gasteiger partial charge in [-0.05, 0) is 87.7 Å². The van der Waals surface area contributed by atoms with E-state index in [4.69, 9.17) is 5.73 Å². The SMILES string of the molecule is NC(CCCc1ccc[nH]1)CNC12CC3CC(CC(C3)C1)C2. The molecule has 0 spiro atoms. The van der Waals surface area contributed by atoms with E-state index in [9.17, 15) is 0 Å². The molecule has 4 aliphatic rings. The van der Waals surface area contributed by atoms with Gasteiger partial charge in [-0.1, -0.05) is 0 Å². The van der Waals surface area contributed by atoms with Crippen LogP contribution in [-0.4, -0.2) is 23.1 Å². The Morgan fingerprint density at radius 3 is 2.45 bits per heavy atom. The third kappa shape index (κ3) is 3.11. The molecule has 1 aromatic rings. The molecule has 0 aliphatic heterocycles. The third-order valence-corrected chi connectivity index (χ3v) is 6.46. The Morgan fingerprint density at radius 2 is 1.86 bits per heavy atom. The quantitative estimate of drug-likeness (QED) is 0.724. The van der Waals surface area contributed by atoms with Crippen LogP contribution < -0.4 is 11.1 Å². The lowest BCUT2D eigenvalue weighted by Crippen LogP contribution is -2.60. The maximum absolute atomic E-state index is 6.37. The maximum Gasteiger partial charge on any atom is 0.0190 e. The van der Waals surface area contributed by atoms with Gasteiger partial charge in [0.05, 0.1) is 0 Å². The summed E-state index contributed by atoms with van der Waals surface area (Å²) in [6.07, 6.45) is 14.3. The van der Waals surface area contributed by atoms with Gasteiger partial charge in [0, 0.05) is 30.0 Å². The van der Waals surface area contributed by atoms with Crippen molar-refractivity contribution >= 4 is 0 Å². The van der Waals surface area contributed by atoms with Crippen LogP contribution >= 0.6 is 0 Å². The molecule has 4 bridgehead atoms. The van der Waals surface area contributed by atoms with Gasteiger partial charge in [-0.3, -0.25) is 0 Å². The van der Waals surface area contributed by atoms with Crippen LogP contribution in [0.15, 0.2) is 18.3 Å². The summed E-state index contributed by atoms with van der Waals surface area (Å²) in [5.74, 6) is 3.05. The number of rotatable bonds is 7. The van der Waals surface area contributed by atoms with Crippen LogP contribution in [0.2, 0.25) is 0 Å². The minimum Gasteiger partial charge on any atom is -0.365 e. The van der Waals surface area contributed by atoms with Crippen LogP contribution in [0.3, 0.4) is 0 Å². The minimum absolute atomic E-state index is 0.308. The Morgan fingerprint density at radius 1 is 1.18 bits per heavy atom. The fourth-order valence-corrected chi connectivity index (χ4v) is 5.85. The van der Waals surface area contributed by atoms with E-state index in [0.29, 0.717) is 11.6 Å². The Hall–Kier alpha value is -0.800. The molecule has 1 unspecified atom stereocenters. The van der Waals surface area contributed by atoms with Crippen molar-refractivity contribution in [2.24, 2.45) is 23.5 Å². The molecule has 4 fully saturated rings. The van der Waals surface area contributed by atoms with Gasteiger partial charge in [-0.25, -0.2) is 0 Å². The number of hydrogen-bond donors (Lipinski definition) is 3. The standard InChI is InChI=1S/C19H31N3/c20-17(3-1-4-18-5-2-6-21-18)13-22-19-10-14-7-15(11-19)9-16(8-14)12-19/h2,5-6,14-17,21-22H,1,3-4,7-13,20H2. The number of hydrogen-bond acceptors (Lipinski definition) is 2. The highest BCUT2D eigenvalue weighted by Gasteiger charge is 2.50. The summed E-state index contributed by atoms with van der Waals surface area (Å²) in [7, 11) is 0. The van der Waals surface area contributed by atoms with Crippen molar-refractivity contribution < 1.29 is 0 Å². The fraction of sp³-hybridized carbons (Fsp3) is 0.789. The van der Waals surface area contributed by atoms with Gasteiger partial charge >= 0.3 is 0 Å². The molecule has 0 radical (unpaired) electrons. The number of aromatic amines is 1. The second-order valence-electron chi connectivity index (χ2n) is 8.43. The average molecular weight is 301 g/mol. The predicted octanol–water partition coefficient (Wildman–Crippen LogP) is 3.22. The van der Waals surface area contributed by atoms with E-state index in [1.807, 2.05) is 6.20 Å². The molecule has 3 heteroatoms. The number of aromatic nitrogens is 1. The molecule has 4 N–H and O–H groups in total. The van der Waals surface area contributed by atoms with Crippen LogP contribution in [0.25, 0.3) is 0 Å². The van der Waals surface area contributed by atoms with Crippen LogP contribution in [0.1, 0.15) is 57.1 Å². The Balaban J connectivity index is 1.22. The van der Waals surface area contributed by atoms with Crippen molar-refractivity contribution in [1.82, 2.24) is 10.3 Å². The zero-order valence-corrected chi connectivity index (χ0v) is 13.7. The van der Waals surface area contributed by atoms with Gasteiger partial charge in [-0.2, -0.15) is 0 Å². The first-order valence-electron chi connectivity index (χ1n) is 9.34. The topological polar surface area (TPSA) is 53.8 Å². The zero-order chi connectivity index (χ0) is 15.0. The number of H-pyrrole nitrogens is 1. The molecule has 1 atom stereocenters. The second kappa shape index (κ2) is 6.01. The molecule has 1 aromatic heterocycles. The van der Waals surface area contributed by atoms with E-state index in [1.54, 1.807) is 0 Å². The van der Waals surface area contributed by atoms with Crippen molar-refractivity contribution in [2.75, 3.05) is 6.54 Å². The van der Waals surface area contributed by atoms with E-state index in [0.717, 1.165) is 37.1 Å². The van der Waals surface area contributed by atoms with Crippen molar-refractivity contribution in [3.63, 3.8) is 0 Å². The molecule has 22 heavy (non-hydrogen) atoms. The van der Waals surface area contributed by atoms with E-state index in [1.165, 1.54) is 50.6 Å². The first-order valence-corrected chi connectivity index (χ1v) is 9.34. The zero-order valence-electron chi connectivity index (χ0n) is 13.7. The van der Waals surface area contributed by atoms with Crippen LogP contribution in [0.4, 0.5) is 0 Å². The maximum atomic E-state index is 6.37. The van der Waals surface area contributed by atoms with Crippen molar-refractivity contribution in [3.8, 4) is 0 Å². The summed E-state index contributed by atoms with van der Waals surface area (Å²) in [5, 5.41) is 3.94. The van der Waals surface area contributed by atoms with Crippen LogP contribution in [0, 0.1) is 17.8 Å². The average Bonchev–Trinajstić information content (AvgIpc) is 2.97. The summed E-state index contributed by atoms with van der Waals surface area (Å²) >= 11 is 0. The number of nitrogens with two attached hydrogens (primary N) is 1. The summed E-state index contributed by atoms with van der Waals surface area (Å²) in [6.45, 7) is 1.01. The monoisotopic (exact) mass is 301 g/mol. The normalized spacial score (nSPS) is 37.6.